The van der Waals surface area contributed by atoms with Crippen molar-refractivity contribution in [3.63, 3.8) is 0 Å². The standard InChI is InChI=1S/C13H14Cl2N2O2/c1-2-3-16-11-7-12(18)17(13(11)19)10-5-8(14)4-9(15)6-10/h4-6,11,16H,2-3,7H2,1H3/p+1/t11-/m1/s1. The highest BCUT2D eigenvalue weighted by Crippen LogP contribution is 2.28. The molecule has 0 saturated carbocycles. The third kappa shape index (κ3) is 3.08. The summed E-state index contributed by atoms with van der Waals surface area (Å²) in [5, 5.41) is 2.72. The van der Waals surface area contributed by atoms with Crippen molar-refractivity contribution < 1.29 is 14.9 Å². The normalized spacial score (nSPS) is 19.3. The van der Waals surface area contributed by atoms with Gasteiger partial charge in [0, 0.05) is 10.0 Å². The number of hydrogen-bond acceptors (Lipinski definition) is 2. The fourth-order valence-electron chi connectivity index (χ4n) is 2.15. The van der Waals surface area contributed by atoms with Gasteiger partial charge in [-0.2, -0.15) is 0 Å². The first-order valence-corrected chi connectivity index (χ1v) is 6.94. The molecule has 1 heterocycles. The monoisotopic (exact) mass is 301 g/mol. The minimum Gasteiger partial charge on any atom is -0.336 e. The van der Waals surface area contributed by atoms with E-state index >= 15 is 0 Å². The first kappa shape index (κ1) is 14.3. The molecule has 0 unspecified atom stereocenters. The Kier molecular flexibility index (Phi) is 4.45. The zero-order chi connectivity index (χ0) is 14.0. The summed E-state index contributed by atoms with van der Waals surface area (Å²) in [6.07, 6.45) is 1.18. The minimum absolute atomic E-state index is 0.197. The molecule has 1 aromatic carbocycles. The van der Waals surface area contributed by atoms with Crippen LogP contribution in [0.4, 0.5) is 5.69 Å². The molecule has 4 nitrogen and oxygen atoms in total. The lowest BCUT2D eigenvalue weighted by molar-refractivity contribution is -0.674. The number of carbonyl (C=O) groups is 2. The summed E-state index contributed by atoms with van der Waals surface area (Å²) in [5.41, 5.74) is 0.444. The average Bonchev–Trinajstić information content (AvgIpc) is 2.60. The van der Waals surface area contributed by atoms with Crippen molar-refractivity contribution in [2.24, 2.45) is 0 Å². The molecule has 19 heavy (non-hydrogen) atoms. The average molecular weight is 302 g/mol. The van der Waals surface area contributed by atoms with Crippen LogP contribution in [0.15, 0.2) is 18.2 Å². The van der Waals surface area contributed by atoms with Crippen molar-refractivity contribution in [2.75, 3.05) is 11.4 Å². The molecule has 1 aliphatic rings. The molecular weight excluding hydrogens is 287 g/mol. The summed E-state index contributed by atoms with van der Waals surface area (Å²) in [7, 11) is 0. The van der Waals surface area contributed by atoms with Gasteiger partial charge < -0.3 is 5.32 Å². The van der Waals surface area contributed by atoms with Gasteiger partial charge in [-0.25, -0.2) is 4.90 Å². The smallest absolute Gasteiger partial charge is 0.292 e. The predicted octanol–water partition coefficient (Wildman–Crippen LogP) is 1.60. The largest absolute Gasteiger partial charge is 0.336 e. The number of imide groups is 1. The quantitative estimate of drug-likeness (QED) is 0.859. The minimum atomic E-state index is -0.329. The third-order valence-electron chi connectivity index (χ3n) is 3.03. The maximum absolute atomic E-state index is 12.2. The number of carbonyl (C=O) groups excluding carboxylic acids is 2. The molecule has 1 aromatic rings. The van der Waals surface area contributed by atoms with Crippen LogP contribution in [0.5, 0.6) is 0 Å². The van der Waals surface area contributed by atoms with Gasteiger partial charge >= 0.3 is 0 Å². The molecule has 2 amide bonds. The van der Waals surface area contributed by atoms with Crippen molar-refractivity contribution in [3.8, 4) is 0 Å². The van der Waals surface area contributed by atoms with Crippen LogP contribution in [-0.2, 0) is 9.59 Å². The van der Waals surface area contributed by atoms with E-state index in [4.69, 9.17) is 23.2 Å². The van der Waals surface area contributed by atoms with E-state index in [1.165, 1.54) is 4.90 Å². The molecule has 2 rings (SSSR count). The van der Waals surface area contributed by atoms with Crippen LogP contribution in [0.2, 0.25) is 10.0 Å². The number of quaternary nitrogens is 1. The Hall–Kier alpha value is -1.10. The molecule has 1 aliphatic heterocycles. The maximum Gasteiger partial charge on any atom is 0.292 e. The topological polar surface area (TPSA) is 54.0 Å². The van der Waals surface area contributed by atoms with E-state index in [2.05, 4.69) is 0 Å². The molecule has 0 radical (unpaired) electrons. The van der Waals surface area contributed by atoms with Crippen LogP contribution in [0.1, 0.15) is 19.8 Å². The number of nitrogens with zero attached hydrogens (tertiary/aromatic N) is 1. The summed E-state index contributed by atoms with van der Waals surface area (Å²) in [6, 6.07) is 4.39. The second-order valence-corrected chi connectivity index (χ2v) is 5.40. The predicted molar refractivity (Wildman–Crippen MR) is 74.4 cm³/mol. The van der Waals surface area contributed by atoms with E-state index in [9.17, 15) is 9.59 Å². The van der Waals surface area contributed by atoms with E-state index in [1.54, 1.807) is 18.2 Å². The Labute approximate surface area is 121 Å². The first-order chi connectivity index (χ1) is 9.02. The van der Waals surface area contributed by atoms with Crippen LogP contribution < -0.4 is 10.2 Å². The first-order valence-electron chi connectivity index (χ1n) is 6.19. The van der Waals surface area contributed by atoms with Gasteiger partial charge in [0.1, 0.15) is 0 Å². The fraction of sp³-hybridized carbons (Fsp3) is 0.385. The maximum atomic E-state index is 12.2. The van der Waals surface area contributed by atoms with Gasteiger partial charge in [0.05, 0.1) is 18.7 Å². The van der Waals surface area contributed by atoms with Crippen LogP contribution in [0.25, 0.3) is 0 Å². The van der Waals surface area contributed by atoms with Crippen LogP contribution in [0, 0.1) is 0 Å². The zero-order valence-corrected chi connectivity index (χ0v) is 12.0. The van der Waals surface area contributed by atoms with E-state index in [-0.39, 0.29) is 24.3 Å². The van der Waals surface area contributed by atoms with Gasteiger partial charge in [0.2, 0.25) is 5.91 Å². The van der Waals surface area contributed by atoms with Crippen LogP contribution >= 0.6 is 23.2 Å². The molecule has 0 aromatic heterocycles. The number of amides is 2. The van der Waals surface area contributed by atoms with Gasteiger partial charge in [-0.15, -0.1) is 0 Å². The molecule has 2 N–H and O–H groups in total. The second-order valence-electron chi connectivity index (χ2n) is 4.53. The Balaban J connectivity index is 2.24. The van der Waals surface area contributed by atoms with Crippen LogP contribution in [0.3, 0.4) is 0 Å². The molecule has 0 aliphatic carbocycles. The number of anilines is 1. The molecule has 6 heteroatoms. The van der Waals surface area contributed by atoms with E-state index in [0.29, 0.717) is 15.7 Å². The Morgan fingerprint density at radius 3 is 2.47 bits per heavy atom. The molecule has 1 fully saturated rings. The summed E-state index contributed by atoms with van der Waals surface area (Å²) in [6.45, 7) is 2.86. The molecule has 1 atom stereocenters. The van der Waals surface area contributed by atoms with Crippen molar-refractivity contribution in [2.45, 2.75) is 25.8 Å². The lowest BCUT2D eigenvalue weighted by atomic mass is 10.2. The van der Waals surface area contributed by atoms with E-state index in [0.717, 1.165) is 13.0 Å². The Morgan fingerprint density at radius 2 is 1.89 bits per heavy atom. The second kappa shape index (κ2) is 5.90. The number of benzene rings is 1. The molecule has 0 bridgehead atoms. The Morgan fingerprint density at radius 1 is 1.26 bits per heavy atom. The highest BCUT2D eigenvalue weighted by molar-refractivity contribution is 6.35. The van der Waals surface area contributed by atoms with Gasteiger partial charge in [-0.05, 0) is 24.6 Å². The number of nitrogens with two attached hydrogens (primary N) is 1. The van der Waals surface area contributed by atoms with Crippen LogP contribution in [-0.4, -0.2) is 24.4 Å². The SMILES string of the molecule is CCC[NH2+][C@@H]1CC(=O)N(c2cc(Cl)cc(Cl)c2)C1=O. The van der Waals surface area contributed by atoms with E-state index < -0.39 is 0 Å². The highest BCUT2D eigenvalue weighted by Gasteiger charge is 2.42. The fourth-order valence-corrected chi connectivity index (χ4v) is 2.66. The van der Waals surface area contributed by atoms with Gasteiger partial charge in [-0.1, -0.05) is 30.1 Å². The van der Waals surface area contributed by atoms with Gasteiger partial charge in [-0.3, -0.25) is 9.59 Å². The molecule has 0 spiro atoms. The van der Waals surface area contributed by atoms with Gasteiger partial charge in [0.25, 0.3) is 5.91 Å². The Bertz CT molecular complexity index is 499. The number of halogens is 2. The van der Waals surface area contributed by atoms with E-state index in [1.807, 2.05) is 12.2 Å². The lowest BCUT2D eigenvalue weighted by Crippen LogP contribution is -2.91. The lowest BCUT2D eigenvalue weighted by Gasteiger charge is -2.14. The third-order valence-corrected chi connectivity index (χ3v) is 3.46. The van der Waals surface area contributed by atoms with Crippen molar-refractivity contribution in [3.05, 3.63) is 28.2 Å². The van der Waals surface area contributed by atoms with Crippen molar-refractivity contribution in [1.82, 2.24) is 0 Å². The molecule has 1 saturated heterocycles. The summed E-state index contributed by atoms with van der Waals surface area (Å²) < 4.78 is 0. The zero-order valence-electron chi connectivity index (χ0n) is 10.5. The summed E-state index contributed by atoms with van der Waals surface area (Å²) in [4.78, 5) is 25.4. The van der Waals surface area contributed by atoms with Crippen molar-refractivity contribution in [1.29, 1.82) is 0 Å². The van der Waals surface area contributed by atoms with Crippen molar-refractivity contribution >= 4 is 40.7 Å². The summed E-state index contributed by atoms with van der Waals surface area (Å²) >= 11 is 11.8. The highest BCUT2D eigenvalue weighted by atomic mass is 35.5. The molecule has 102 valence electrons. The summed E-state index contributed by atoms with van der Waals surface area (Å²) in [5.74, 6) is -0.405. The number of rotatable bonds is 4. The van der Waals surface area contributed by atoms with Gasteiger partial charge in [0.15, 0.2) is 6.04 Å². The number of hydrogen-bond donors (Lipinski definition) is 1. The molecular formula is C13H15Cl2N2O2+.